The standard InChI is InChI=1S/C22H27ClN4O3.HI/c1-3-30-17-11-16(23)7-6-15(17)12-26-22(24-2)25-8-9-27-20(28)18-13-4-5-14(10-13)19(18)21(27)29;/h4-7,11,13-14,18-19H,3,8-10,12H2,1-2H3,(H2,24,25,26);1H. The zero-order valence-corrected chi connectivity index (χ0v) is 20.7. The number of benzene rings is 1. The first kappa shape index (κ1) is 23.8. The summed E-state index contributed by atoms with van der Waals surface area (Å²) in [5.41, 5.74) is 0.963. The molecule has 2 amide bonds. The van der Waals surface area contributed by atoms with Crippen molar-refractivity contribution in [3.63, 3.8) is 0 Å². The zero-order valence-electron chi connectivity index (χ0n) is 17.6. The third kappa shape index (κ3) is 4.69. The summed E-state index contributed by atoms with van der Waals surface area (Å²) in [5.74, 6) is 1.47. The molecule has 168 valence electrons. The molecule has 31 heavy (non-hydrogen) atoms. The molecule has 1 saturated carbocycles. The summed E-state index contributed by atoms with van der Waals surface area (Å²) < 4.78 is 5.64. The summed E-state index contributed by atoms with van der Waals surface area (Å²) in [4.78, 5) is 31.1. The number of amides is 2. The molecule has 2 N–H and O–H groups in total. The molecule has 7 nitrogen and oxygen atoms in total. The van der Waals surface area contributed by atoms with E-state index in [9.17, 15) is 9.59 Å². The quantitative estimate of drug-likeness (QED) is 0.177. The second-order valence-corrected chi connectivity index (χ2v) is 8.30. The number of nitrogens with one attached hydrogen (secondary N) is 2. The highest BCUT2D eigenvalue weighted by Crippen LogP contribution is 2.52. The first-order chi connectivity index (χ1) is 14.5. The van der Waals surface area contributed by atoms with E-state index in [-0.39, 0.29) is 59.5 Å². The fourth-order valence-electron chi connectivity index (χ4n) is 4.83. The lowest BCUT2D eigenvalue weighted by molar-refractivity contribution is -0.140. The molecule has 3 aliphatic rings. The minimum absolute atomic E-state index is 0. The van der Waals surface area contributed by atoms with Crippen molar-refractivity contribution in [1.82, 2.24) is 15.5 Å². The van der Waals surface area contributed by atoms with Gasteiger partial charge in [-0.25, -0.2) is 0 Å². The highest BCUT2D eigenvalue weighted by atomic mass is 127. The van der Waals surface area contributed by atoms with Gasteiger partial charge >= 0.3 is 0 Å². The SMILES string of the molecule is CCOc1cc(Cl)ccc1CNC(=NC)NCCN1C(=O)C2C3C=CC(C3)C2C1=O.I. The number of rotatable bonds is 7. The van der Waals surface area contributed by atoms with Crippen molar-refractivity contribution in [2.24, 2.45) is 28.7 Å². The number of carbonyl (C=O) groups excluding carboxylic acids is 2. The third-order valence-corrected chi connectivity index (χ3v) is 6.42. The Labute approximate surface area is 204 Å². The molecule has 0 spiro atoms. The van der Waals surface area contributed by atoms with Crippen LogP contribution in [0.25, 0.3) is 0 Å². The van der Waals surface area contributed by atoms with Gasteiger partial charge in [-0.05, 0) is 37.3 Å². The lowest BCUT2D eigenvalue weighted by Gasteiger charge is -2.19. The van der Waals surface area contributed by atoms with Gasteiger partial charge < -0.3 is 15.4 Å². The molecule has 0 aromatic heterocycles. The number of hydrogen-bond acceptors (Lipinski definition) is 4. The predicted molar refractivity (Wildman–Crippen MR) is 131 cm³/mol. The van der Waals surface area contributed by atoms with Crippen LogP contribution in [-0.4, -0.2) is 49.4 Å². The maximum atomic E-state index is 12.7. The van der Waals surface area contributed by atoms with Gasteiger partial charge in [0, 0.05) is 37.3 Å². The number of fused-ring (bicyclic) bond motifs is 5. The van der Waals surface area contributed by atoms with E-state index < -0.39 is 0 Å². The zero-order chi connectivity index (χ0) is 21.3. The van der Waals surface area contributed by atoms with Gasteiger partial charge in [-0.1, -0.05) is 29.8 Å². The Morgan fingerprint density at radius 3 is 2.48 bits per heavy atom. The minimum Gasteiger partial charge on any atom is -0.493 e. The van der Waals surface area contributed by atoms with Crippen LogP contribution in [0.2, 0.25) is 5.02 Å². The molecule has 4 rings (SSSR count). The van der Waals surface area contributed by atoms with Gasteiger partial charge in [0.05, 0.1) is 18.4 Å². The maximum Gasteiger partial charge on any atom is 0.233 e. The van der Waals surface area contributed by atoms with Gasteiger partial charge in [0.2, 0.25) is 11.8 Å². The normalized spacial score (nSPS) is 26.2. The van der Waals surface area contributed by atoms with Gasteiger partial charge in [-0.2, -0.15) is 0 Å². The average Bonchev–Trinajstić information content (AvgIpc) is 3.41. The number of likely N-dealkylation sites (tertiary alicyclic amines) is 1. The van der Waals surface area contributed by atoms with Gasteiger partial charge in [0.25, 0.3) is 0 Å². The summed E-state index contributed by atoms with van der Waals surface area (Å²) in [7, 11) is 1.68. The van der Waals surface area contributed by atoms with E-state index >= 15 is 0 Å². The number of imide groups is 1. The highest BCUT2D eigenvalue weighted by Gasteiger charge is 2.58. The fourth-order valence-corrected chi connectivity index (χ4v) is 5.00. The fraction of sp³-hybridized carbons (Fsp3) is 0.500. The van der Waals surface area contributed by atoms with Crippen molar-refractivity contribution >= 4 is 53.4 Å². The van der Waals surface area contributed by atoms with E-state index in [1.165, 1.54) is 4.90 Å². The number of hydrogen-bond donors (Lipinski definition) is 2. The summed E-state index contributed by atoms with van der Waals surface area (Å²) in [6.07, 6.45) is 5.17. The lowest BCUT2D eigenvalue weighted by Crippen LogP contribution is -2.43. The van der Waals surface area contributed by atoms with E-state index in [0.717, 1.165) is 17.7 Å². The molecule has 4 unspecified atom stereocenters. The molecule has 4 atom stereocenters. The molecule has 0 radical (unpaired) electrons. The van der Waals surface area contributed by atoms with Crippen molar-refractivity contribution in [3.05, 3.63) is 40.9 Å². The van der Waals surface area contributed by atoms with E-state index in [4.69, 9.17) is 16.3 Å². The Kier molecular flexibility index (Phi) is 7.85. The number of carbonyl (C=O) groups is 2. The minimum atomic E-state index is -0.146. The molecule has 1 aromatic rings. The number of halogens is 2. The molecule has 1 aliphatic heterocycles. The van der Waals surface area contributed by atoms with E-state index in [1.807, 2.05) is 19.1 Å². The van der Waals surface area contributed by atoms with Crippen LogP contribution in [0.3, 0.4) is 0 Å². The molecule has 1 saturated heterocycles. The topological polar surface area (TPSA) is 83.0 Å². The molecule has 2 aliphatic carbocycles. The van der Waals surface area contributed by atoms with Crippen LogP contribution in [-0.2, 0) is 16.1 Å². The number of guanidine groups is 1. The summed E-state index contributed by atoms with van der Waals surface area (Å²) >= 11 is 6.05. The van der Waals surface area contributed by atoms with Crippen LogP contribution in [0.15, 0.2) is 35.3 Å². The van der Waals surface area contributed by atoms with Gasteiger partial charge in [0.1, 0.15) is 5.75 Å². The highest BCUT2D eigenvalue weighted by molar-refractivity contribution is 14.0. The Morgan fingerprint density at radius 2 is 1.87 bits per heavy atom. The number of nitrogens with zero attached hydrogens (tertiary/aromatic N) is 2. The molecular formula is C22H28ClIN4O3. The maximum absolute atomic E-state index is 12.7. The molecule has 9 heteroatoms. The Hall–Kier alpha value is -1.81. The van der Waals surface area contributed by atoms with Gasteiger partial charge in [-0.15, -0.1) is 24.0 Å². The van der Waals surface area contributed by atoms with Crippen molar-refractivity contribution in [2.75, 3.05) is 26.7 Å². The number of aliphatic imine (C=N–C) groups is 1. The smallest absolute Gasteiger partial charge is 0.233 e. The van der Waals surface area contributed by atoms with Crippen molar-refractivity contribution < 1.29 is 14.3 Å². The first-order valence-electron chi connectivity index (χ1n) is 10.4. The second-order valence-electron chi connectivity index (χ2n) is 7.87. The Balaban J connectivity index is 0.00000272. The van der Waals surface area contributed by atoms with Crippen LogP contribution in [0.4, 0.5) is 0 Å². The summed E-state index contributed by atoms with van der Waals surface area (Å²) in [5, 5.41) is 7.04. The van der Waals surface area contributed by atoms with E-state index in [0.29, 0.717) is 37.2 Å². The van der Waals surface area contributed by atoms with Crippen LogP contribution in [0.5, 0.6) is 5.75 Å². The molecule has 2 bridgehead atoms. The molecule has 1 heterocycles. The largest absolute Gasteiger partial charge is 0.493 e. The third-order valence-electron chi connectivity index (χ3n) is 6.19. The van der Waals surface area contributed by atoms with Crippen molar-refractivity contribution in [3.8, 4) is 5.75 Å². The van der Waals surface area contributed by atoms with Gasteiger partial charge in [-0.3, -0.25) is 19.5 Å². The second kappa shape index (κ2) is 10.2. The predicted octanol–water partition coefficient (Wildman–Crippen LogP) is 2.83. The van der Waals surface area contributed by atoms with Crippen LogP contribution >= 0.6 is 35.6 Å². The summed E-state index contributed by atoms with van der Waals surface area (Å²) in [6, 6.07) is 5.53. The van der Waals surface area contributed by atoms with Crippen LogP contribution in [0.1, 0.15) is 18.9 Å². The van der Waals surface area contributed by atoms with E-state index in [2.05, 4.69) is 27.8 Å². The van der Waals surface area contributed by atoms with E-state index in [1.54, 1.807) is 13.1 Å². The Bertz CT molecular complexity index is 877. The number of ether oxygens (including phenoxy) is 1. The molecule has 1 aromatic carbocycles. The lowest BCUT2D eigenvalue weighted by atomic mass is 9.85. The Morgan fingerprint density at radius 1 is 1.19 bits per heavy atom. The molecular weight excluding hydrogens is 531 g/mol. The van der Waals surface area contributed by atoms with Crippen molar-refractivity contribution in [1.29, 1.82) is 0 Å². The summed E-state index contributed by atoms with van der Waals surface area (Å²) in [6.45, 7) is 3.77. The van der Waals surface area contributed by atoms with Crippen LogP contribution < -0.4 is 15.4 Å². The first-order valence-corrected chi connectivity index (χ1v) is 10.8. The monoisotopic (exact) mass is 558 g/mol. The van der Waals surface area contributed by atoms with Crippen LogP contribution in [0, 0.1) is 23.7 Å². The number of allylic oxidation sites excluding steroid dienone is 2. The average molecular weight is 559 g/mol. The van der Waals surface area contributed by atoms with Gasteiger partial charge in [0.15, 0.2) is 5.96 Å². The van der Waals surface area contributed by atoms with Crippen molar-refractivity contribution in [2.45, 2.75) is 19.9 Å². The molecule has 2 fully saturated rings.